The van der Waals surface area contributed by atoms with Crippen LogP contribution >= 0.6 is 0 Å². The molecule has 21 heavy (non-hydrogen) atoms. The molecule has 8 nitrogen and oxygen atoms in total. The summed E-state index contributed by atoms with van der Waals surface area (Å²) in [4.78, 5) is 35.0. The number of likely N-dealkylation sites (N-methyl/N-ethyl adjacent to an activating group) is 1. The molecule has 114 valence electrons. The van der Waals surface area contributed by atoms with Crippen molar-refractivity contribution >= 4 is 23.3 Å². The Labute approximate surface area is 121 Å². The first-order valence-corrected chi connectivity index (χ1v) is 6.39. The highest BCUT2D eigenvalue weighted by molar-refractivity contribution is 5.96. The lowest BCUT2D eigenvalue weighted by Crippen LogP contribution is -2.34. The summed E-state index contributed by atoms with van der Waals surface area (Å²) in [7, 11) is 0. The maximum atomic E-state index is 11.8. The molecule has 0 saturated carbocycles. The third kappa shape index (κ3) is 4.16. The highest BCUT2D eigenvalue weighted by Gasteiger charge is 2.18. The van der Waals surface area contributed by atoms with Gasteiger partial charge in [0, 0.05) is 25.2 Å². The molecule has 0 aromatic heterocycles. The van der Waals surface area contributed by atoms with Gasteiger partial charge in [-0.2, -0.15) is 0 Å². The van der Waals surface area contributed by atoms with Gasteiger partial charge < -0.3 is 15.4 Å². The summed E-state index contributed by atoms with van der Waals surface area (Å²) >= 11 is 0. The number of esters is 1. The fourth-order valence-corrected chi connectivity index (χ4v) is 1.72. The minimum Gasteiger partial charge on any atom is -0.452 e. The number of hydrogen-bond donors (Lipinski definition) is 1. The van der Waals surface area contributed by atoms with Crippen molar-refractivity contribution in [2.24, 2.45) is 0 Å². The second kappa shape index (κ2) is 7.22. The molecule has 0 radical (unpaired) electrons. The number of nitro benzene ring substituents is 1. The lowest BCUT2D eigenvalue weighted by atomic mass is 10.1. The summed E-state index contributed by atoms with van der Waals surface area (Å²) in [6, 6.07) is 3.43. The van der Waals surface area contributed by atoms with Gasteiger partial charge >= 0.3 is 5.97 Å². The maximum Gasteiger partial charge on any atom is 0.340 e. The normalized spacial score (nSPS) is 10.0. The van der Waals surface area contributed by atoms with Crippen LogP contribution in [0.5, 0.6) is 0 Å². The summed E-state index contributed by atoms with van der Waals surface area (Å²) in [6.45, 7) is 4.28. The van der Waals surface area contributed by atoms with Gasteiger partial charge in [-0.25, -0.2) is 4.79 Å². The Balaban J connectivity index is 2.72. The summed E-state index contributed by atoms with van der Waals surface area (Å²) < 4.78 is 4.88. The van der Waals surface area contributed by atoms with E-state index >= 15 is 0 Å². The number of carbonyl (C=O) groups excluding carboxylic acids is 2. The van der Waals surface area contributed by atoms with Crippen molar-refractivity contribution in [3.8, 4) is 0 Å². The zero-order valence-corrected chi connectivity index (χ0v) is 11.9. The van der Waals surface area contributed by atoms with E-state index in [1.54, 1.807) is 0 Å². The van der Waals surface area contributed by atoms with E-state index in [0.29, 0.717) is 13.1 Å². The van der Waals surface area contributed by atoms with Crippen LogP contribution < -0.4 is 5.73 Å². The first kappa shape index (κ1) is 16.4. The van der Waals surface area contributed by atoms with Gasteiger partial charge in [0.15, 0.2) is 6.61 Å². The highest BCUT2D eigenvalue weighted by atomic mass is 16.6. The van der Waals surface area contributed by atoms with Crippen molar-refractivity contribution in [3.63, 3.8) is 0 Å². The van der Waals surface area contributed by atoms with E-state index in [1.807, 2.05) is 13.8 Å². The predicted molar refractivity (Wildman–Crippen MR) is 75.7 cm³/mol. The zero-order chi connectivity index (χ0) is 16.0. The lowest BCUT2D eigenvalue weighted by Gasteiger charge is -2.18. The molecule has 1 amide bonds. The van der Waals surface area contributed by atoms with E-state index < -0.39 is 17.5 Å². The molecular formula is C13H17N3O5. The number of nitro groups is 1. The Morgan fingerprint density at radius 3 is 2.43 bits per heavy atom. The van der Waals surface area contributed by atoms with Crippen LogP contribution in [0, 0.1) is 10.1 Å². The quantitative estimate of drug-likeness (QED) is 0.365. The second-order valence-corrected chi connectivity index (χ2v) is 4.17. The van der Waals surface area contributed by atoms with Crippen LogP contribution in [-0.4, -0.2) is 41.4 Å². The van der Waals surface area contributed by atoms with Gasteiger partial charge in [-0.05, 0) is 19.9 Å². The molecule has 8 heteroatoms. The monoisotopic (exact) mass is 295 g/mol. The number of ether oxygens (including phenoxy) is 1. The number of benzene rings is 1. The largest absolute Gasteiger partial charge is 0.452 e. The van der Waals surface area contributed by atoms with Crippen molar-refractivity contribution in [2.75, 3.05) is 25.4 Å². The third-order valence-corrected chi connectivity index (χ3v) is 2.91. The van der Waals surface area contributed by atoms with Gasteiger partial charge in [0.1, 0.15) is 0 Å². The number of nitrogens with zero attached hydrogens (tertiary/aromatic N) is 2. The van der Waals surface area contributed by atoms with Gasteiger partial charge in [-0.3, -0.25) is 14.9 Å². The summed E-state index contributed by atoms with van der Waals surface area (Å²) in [6.07, 6.45) is 0. The van der Waals surface area contributed by atoms with Crippen molar-refractivity contribution in [2.45, 2.75) is 13.8 Å². The van der Waals surface area contributed by atoms with Crippen molar-refractivity contribution in [1.82, 2.24) is 4.90 Å². The SMILES string of the molecule is CCN(CC)C(=O)COC(=O)c1ccc([N+](=O)[O-])cc1N. The fourth-order valence-electron chi connectivity index (χ4n) is 1.72. The number of nitrogen functional groups attached to an aromatic ring is 1. The van der Waals surface area contributed by atoms with E-state index in [0.717, 1.165) is 12.1 Å². The molecule has 0 atom stereocenters. The average Bonchev–Trinajstić information content (AvgIpc) is 2.45. The van der Waals surface area contributed by atoms with Gasteiger partial charge in [0.25, 0.3) is 11.6 Å². The van der Waals surface area contributed by atoms with Crippen LogP contribution in [0.2, 0.25) is 0 Å². The van der Waals surface area contributed by atoms with E-state index in [4.69, 9.17) is 10.5 Å². The molecule has 0 aliphatic carbocycles. The number of anilines is 1. The molecule has 0 fully saturated rings. The number of non-ortho nitro benzene ring substituents is 1. The van der Waals surface area contributed by atoms with Crippen LogP contribution in [-0.2, 0) is 9.53 Å². The fraction of sp³-hybridized carbons (Fsp3) is 0.385. The molecule has 0 saturated heterocycles. The van der Waals surface area contributed by atoms with Gasteiger partial charge in [-0.15, -0.1) is 0 Å². The highest BCUT2D eigenvalue weighted by Crippen LogP contribution is 2.20. The van der Waals surface area contributed by atoms with Crippen LogP contribution in [0.4, 0.5) is 11.4 Å². The Kier molecular flexibility index (Phi) is 5.65. The second-order valence-electron chi connectivity index (χ2n) is 4.17. The number of rotatable bonds is 6. The Morgan fingerprint density at radius 1 is 1.33 bits per heavy atom. The standard InChI is InChI=1S/C13H17N3O5/c1-3-15(4-2)12(17)8-21-13(18)10-6-5-9(16(19)20)7-11(10)14/h5-7H,3-4,8,14H2,1-2H3. The predicted octanol–water partition coefficient (Wildman–Crippen LogP) is 1.20. The molecule has 1 aromatic rings. The van der Waals surface area contributed by atoms with E-state index in [-0.39, 0.29) is 22.8 Å². The molecule has 2 N–H and O–H groups in total. The van der Waals surface area contributed by atoms with Crippen molar-refractivity contribution in [1.29, 1.82) is 0 Å². The first-order valence-electron chi connectivity index (χ1n) is 6.39. The molecule has 0 unspecified atom stereocenters. The number of hydrogen-bond acceptors (Lipinski definition) is 6. The minimum atomic E-state index is -0.789. The minimum absolute atomic E-state index is 0.00653. The molecule has 0 bridgehead atoms. The lowest BCUT2D eigenvalue weighted by molar-refractivity contribution is -0.384. The van der Waals surface area contributed by atoms with Gasteiger partial charge in [0.2, 0.25) is 0 Å². The van der Waals surface area contributed by atoms with Crippen LogP contribution in [0.1, 0.15) is 24.2 Å². The maximum absolute atomic E-state index is 11.8. The first-order chi connectivity index (χ1) is 9.90. The molecule has 1 aromatic carbocycles. The number of carbonyl (C=O) groups is 2. The van der Waals surface area contributed by atoms with E-state index in [9.17, 15) is 19.7 Å². The third-order valence-electron chi connectivity index (χ3n) is 2.91. The molecule has 0 spiro atoms. The van der Waals surface area contributed by atoms with Crippen LogP contribution in [0.15, 0.2) is 18.2 Å². The summed E-state index contributed by atoms with van der Waals surface area (Å²) in [5.41, 5.74) is 5.29. The molecule has 0 aliphatic heterocycles. The Morgan fingerprint density at radius 2 is 1.95 bits per heavy atom. The number of nitrogens with two attached hydrogens (primary N) is 1. The van der Waals surface area contributed by atoms with E-state index in [2.05, 4.69) is 0 Å². The summed E-state index contributed by atoms with van der Waals surface area (Å²) in [5.74, 6) is -1.10. The van der Waals surface area contributed by atoms with Crippen LogP contribution in [0.3, 0.4) is 0 Å². The molecular weight excluding hydrogens is 278 g/mol. The Bertz CT molecular complexity index is 555. The summed E-state index contributed by atoms with van der Waals surface area (Å²) in [5, 5.41) is 10.6. The number of amides is 1. The van der Waals surface area contributed by atoms with Crippen molar-refractivity contribution < 1.29 is 19.2 Å². The topological polar surface area (TPSA) is 116 Å². The van der Waals surface area contributed by atoms with Gasteiger partial charge in [0.05, 0.1) is 16.2 Å². The Hall–Kier alpha value is -2.64. The van der Waals surface area contributed by atoms with Crippen LogP contribution in [0.25, 0.3) is 0 Å². The molecule has 0 aliphatic rings. The van der Waals surface area contributed by atoms with E-state index in [1.165, 1.54) is 11.0 Å². The smallest absolute Gasteiger partial charge is 0.340 e. The zero-order valence-electron chi connectivity index (χ0n) is 11.9. The molecule has 0 heterocycles. The van der Waals surface area contributed by atoms with Crippen molar-refractivity contribution in [3.05, 3.63) is 33.9 Å². The van der Waals surface area contributed by atoms with Gasteiger partial charge in [-0.1, -0.05) is 0 Å². The average molecular weight is 295 g/mol. The molecule has 1 rings (SSSR count).